The fraction of sp³-hybridized carbons (Fsp3) is 0.571. The summed E-state index contributed by atoms with van der Waals surface area (Å²) >= 11 is 0. The lowest BCUT2D eigenvalue weighted by atomic mass is 10.2. The first kappa shape index (κ1) is 18.9. The fourth-order valence-electron chi connectivity index (χ4n) is 4.18. The number of morpholine rings is 1. The van der Waals surface area contributed by atoms with Gasteiger partial charge in [-0.05, 0) is 39.8 Å². The van der Waals surface area contributed by atoms with E-state index in [2.05, 4.69) is 37.9 Å². The van der Waals surface area contributed by atoms with Gasteiger partial charge in [0.1, 0.15) is 0 Å². The van der Waals surface area contributed by atoms with E-state index in [1.807, 2.05) is 29.2 Å². The Kier molecular flexibility index (Phi) is 5.10. The maximum absolute atomic E-state index is 12.3. The third-order valence-electron chi connectivity index (χ3n) is 5.39. The van der Waals surface area contributed by atoms with Crippen molar-refractivity contribution in [2.75, 3.05) is 29.9 Å². The number of rotatable bonds is 4. The predicted octanol–water partition coefficient (Wildman–Crippen LogP) is 2.66. The van der Waals surface area contributed by atoms with E-state index in [0.717, 1.165) is 35.8 Å². The monoisotopic (exact) mass is 383 g/mol. The molecule has 4 rings (SSSR count). The molecule has 2 fully saturated rings. The van der Waals surface area contributed by atoms with Crippen LogP contribution in [0.25, 0.3) is 11.0 Å². The summed E-state index contributed by atoms with van der Waals surface area (Å²) in [5, 5.41) is 3.53. The van der Waals surface area contributed by atoms with Crippen LogP contribution < -0.4 is 10.2 Å². The number of likely N-dealkylation sites (tertiary alicyclic amines) is 1. The molecule has 0 spiro atoms. The summed E-state index contributed by atoms with van der Waals surface area (Å²) in [6.45, 7) is 10.5. The van der Waals surface area contributed by atoms with Gasteiger partial charge in [0.2, 0.25) is 5.91 Å². The van der Waals surface area contributed by atoms with Crippen LogP contribution in [-0.4, -0.2) is 64.7 Å². The van der Waals surface area contributed by atoms with Crippen molar-refractivity contribution in [3.8, 4) is 0 Å². The first-order valence-electron chi connectivity index (χ1n) is 10.1. The highest BCUT2D eigenvalue weighted by Crippen LogP contribution is 2.29. The van der Waals surface area contributed by atoms with Crippen molar-refractivity contribution in [1.82, 2.24) is 14.9 Å². The molecule has 3 atom stereocenters. The molecule has 1 amide bonds. The van der Waals surface area contributed by atoms with Crippen molar-refractivity contribution in [3.05, 3.63) is 24.3 Å². The van der Waals surface area contributed by atoms with Gasteiger partial charge in [-0.1, -0.05) is 12.1 Å². The number of aromatic nitrogens is 2. The number of fused-ring (bicyclic) bond motifs is 1. The molecule has 0 unspecified atom stereocenters. The first-order chi connectivity index (χ1) is 13.4. The second-order valence-corrected chi connectivity index (χ2v) is 8.23. The molecule has 28 heavy (non-hydrogen) atoms. The van der Waals surface area contributed by atoms with E-state index in [1.165, 1.54) is 0 Å². The number of hydrogen-bond donors (Lipinski definition) is 1. The smallest absolute Gasteiger partial charge is 0.225 e. The van der Waals surface area contributed by atoms with Gasteiger partial charge < -0.3 is 19.9 Å². The zero-order chi connectivity index (χ0) is 19.8. The standard InChI is InChI=1S/C21H29N5O2/c1-13(2)26-12-16(9-19(26)27)22-20-21(25-10-14(3)28-15(4)11-25)24-18-8-6-5-7-17(18)23-20/h5-8,13-16H,9-12H2,1-4H3,(H,22,23)/t14-,15+,16-/m1/s1. The number of amides is 1. The van der Waals surface area contributed by atoms with Gasteiger partial charge in [0.05, 0.1) is 29.3 Å². The van der Waals surface area contributed by atoms with Gasteiger partial charge in [-0.2, -0.15) is 0 Å². The quantitative estimate of drug-likeness (QED) is 0.875. The van der Waals surface area contributed by atoms with E-state index in [1.54, 1.807) is 0 Å². The second kappa shape index (κ2) is 7.54. The lowest BCUT2D eigenvalue weighted by Crippen LogP contribution is -2.46. The third kappa shape index (κ3) is 3.76. The molecular weight excluding hydrogens is 354 g/mol. The van der Waals surface area contributed by atoms with Crippen LogP contribution in [0.1, 0.15) is 34.1 Å². The number of hydrogen-bond acceptors (Lipinski definition) is 6. The second-order valence-electron chi connectivity index (χ2n) is 8.23. The summed E-state index contributed by atoms with van der Waals surface area (Å²) in [6.07, 6.45) is 0.755. The lowest BCUT2D eigenvalue weighted by molar-refractivity contribution is -0.129. The maximum atomic E-state index is 12.3. The summed E-state index contributed by atoms with van der Waals surface area (Å²) in [6, 6.07) is 8.17. The van der Waals surface area contributed by atoms with E-state index >= 15 is 0 Å². The van der Waals surface area contributed by atoms with Crippen molar-refractivity contribution >= 4 is 28.6 Å². The molecule has 2 saturated heterocycles. The molecule has 2 aromatic rings. The highest BCUT2D eigenvalue weighted by atomic mass is 16.5. The SMILES string of the molecule is CC(C)N1C[C@H](Nc2nc3ccccc3nc2N2C[C@@H](C)O[C@@H](C)C2)CC1=O. The molecular formula is C21H29N5O2. The molecule has 7 heteroatoms. The van der Waals surface area contributed by atoms with E-state index in [9.17, 15) is 4.79 Å². The Balaban J connectivity index is 1.67. The molecule has 0 radical (unpaired) electrons. The van der Waals surface area contributed by atoms with Crippen LogP contribution in [0.15, 0.2) is 24.3 Å². The summed E-state index contributed by atoms with van der Waals surface area (Å²) in [7, 11) is 0. The van der Waals surface area contributed by atoms with Crippen molar-refractivity contribution in [2.45, 2.75) is 58.4 Å². The Bertz CT molecular complexity index is 861. The molecule has 1 aromatic carbocycles. The van der Waals surface area contributed by atoms with Crippen molar-refractivity contribution in [3.63, 3.8) is 0 Å². The molecule has 1 aromatic heterocycles. The molecule has 2 aliphatic heterocycles. The van der Waals surface area contributed by atoms with Gasteiger partial charge in [0.15, 0.2) is 11.6 Å². The summed E-state index contributed by atoms with van der Waals surface area (Å²) in [5.74, 6) is 1.79. The van der Waals surface area contributed by atoms with E-state index < -0.39 is 0 Å². The molecule has 0 aliphatic carbocycles. The van der Waals surface area contributed by atoms with Crippen LogP contribution >= 0.6 is 0 Å². The van der Waals surface area contributed by atoms with Crippen LogP contribution in [0.4, 0.5) is 11.6 Å². The van der Waals surface area contributed by atoms with Gasteiger partial charge in [-0.25, -0.2) is 9.97 Å². The third-order valence-corrected chi connectivity index (χ3v) is 5.39. The fourth-order valence-corrected chi connectivity index (χ4v) is 4.18. The molecule has 3 heterocycles. The molecule has 150 valence electrons. The van der Waals surface area contributed by atoms with Gasteiger partial charge >= 0.3 is 0 Å². The normalized spacial score (nSPS) is 25.8. The van der Waals surface area contributed by atoms with Crippen LogP contribution in [0.3, 0.4) is 0 Å². The van der Waals surface area contributed by atoms with Crippen LogP contribution in [0.5, 0.6) is 0 Å². The Labute approximate surface area is 166 Å². The van der Waals surface area contributed by atoms with Crippen LogP contribution in [0, 0.1) is 0 Å². The number of nitrogens with zero attached hydrogens (tertiary/aromatic N) is 4. The number of carbonyl (C=O) groups is 1. The highest BCUT2D eigenvalue weighted by molar-refractivity contribution is 5.83. The Morgan fingerprint density at radius 1 is 1.07 bits per heavy atom. The number of carbonyl (C=O) groups excluding carboxylic acids is 1. The van der Waals surface area contributed by atoms with Crippen LogP contribution in [-0.2, 0) is 9.53 Å². The molecule has 2 aliphatic rings. The first-order valence-corrected chi connectivity index (χ1v) is 10.1. The molecule has 0 bridgehead atoms. The minimum Gasteiger partial charge on any atom is -0.372 e. The van der Waals surface area contributed by atoms with E-state index in [0.29, 0.717) is 13.0 Å². The Hall–Kier alpha value is -2.41. The Morgan fingerprint density at radius 3 is 2.32 bits per heavy atom. The van der Waals surface area contributed by atoms with Gasteiger partial charge in [-0.3, -0.25) is 4.79 Å². The minimum absolute atomic E-state index is 0.0417. The zero-order valence-corrected chi connectivity index (χ0v) is 17.1. The molecule has 1 N–H and O–H groups in total. The van der Waals surface area contributed by atoms with Crippen molar-refractivity contribution < 1.29 is 9.53 Å². The highest BCUT2D eigenvalue weighted by Gasteiger charge is 2.33. The number of benzene rings is 1. The average molecular weight is 383 g/mol. The predicted molar refractivity (Wildman–Crippen MR) is 111 cm³/mol. The maximum Gasteiger partial charge on any atom is 0.225 e. The zero-order valence-electron chi connectivity index (χ0n) is 17.1. The number of para-hydroxylation sites is 2. The van der Waals surface area contributed by atoms with E-state index in [4.69, 9.17) is 14.7 Å². The molecule has 7 nitrogen and oxygen atoms in total. The summed E-state index contributed by atoms with van der Waals surface area (Å²) in [4.78, 5) is 26.3. The Morgan fingerprint density at radius 2 is 1.71 bits per heavy atom. The number of anilines is 2. The number of nitrogens with one attached hydrogen (secondary N) is 1. The van der Waals surface area contributed by atoms with Crippen molar-refractivity contribution in [1.29, 1.82) is 0 Å². The summed E-state index contributed by atoms with van der Waals surface area (Å²) in [5.41, 5.74) is 1.73. The van der Waals surface area contributed by atoms with Crippen molar-refractivity contribution in [2.24, 2.45) is 0 Å². The minimum atomic E-state index is 0.0417. The van der Waals surface area contributed by atoms with Gasteiger partial charge in [0, 0.05) is 32.1 Å². The van der Waals surface area contributed by atoms with Crippen LogP contribution in [0.2, 0.25) is 0 Å². The van der Waals surface area contributed by atoms with Gasteiger partial charge in [0.25, 0.3) is 0 Å². The molecule has 0 saturated carbocycles. The largest absolute Gasteiger partial charge is 0.372 e. The van der Waals surface area contributed by atoms with E-state index in [-0.39, 0.29) is 30.2 Å². The summed E-state index contributed by atoms with van der Waals surface area (Å²) < 4.78 is 5.89. The van der Waals surface area contributed by atoms with Gasteiger partial charge in [-0.15, -0.1) is 0 Å². The average Bonchev–Trinajstić information content (AvgIpc) is 3.01. The topological polar surface area (TPSA) is 70.6 Å². The lowest BCUT2D eigenvalue weighted by Gasteiger charge is -2.37. The number of ether oxygens (including phenoxy) is 1.